The number of amides is 1. The van der Waals surface area contributed by atoms with Gasteiger partial charge in [-0.25, -0.2) is 0 Å². The number of rotatable bonds is 7. The number of piperazine rings is 1. The lowest BCUT2D eigenvalue weighted by atomic mass is 10.2. The van der Waals surface area contributed by atoms with Crippen LogP contribution in [0.1, 0.15) is 36.8 Å². The van der Waals surface area contributed by atoms with Crippen molar-refractivity contribution < 1.29 is 18.4 Å². The van der Waals surface area contributed by atoms with Gasteiger partial charge in [-0.05, 0) is 37.1 Å². The number of furan rings is 1. The van der Waals surface area contributed by atoms with Crippen LogP contribution in [0.25, 0.3) is 11.7 Å². The number of para-hydroxylation sites is 1. The summed E-state index contributed by atoms with van der Waals surface area (Å²) in [6, 6.07) is 13.5. The number of hydrogen-bond donors (Lipinski definition) is 0. The molecule has 2 aromatic heterocycles. The number of ether oxygens (including phenoxy) is 1. The highest BCUT2D eigenvalue weighted by Crippen LogP contribution is 2.30. The monoisotopic (exact) mass is 434 g/mol. The van der Waals surface area contributed by atoms with Crippen LogP contribution < -0.4 is 9.64 Å². The first-order valence-electron chi connectivity index (χ1n) is 10.8. The molecular weight excluding hydrogens is 408 g/mol. The summed E-state index contributed by atoms with van der Waals surface area (Å²) in [4.78, 5) is 20.2. The Balaban J connectivity index is 1.43. The Bertz CT molecular complexity index is 1120. The quantitative estimate of drug-likeness (QED) is 0.551. The average molecular weight is 434 g/mol. The summed E-state index contributed by atoms with van der Waals surface area (Å²) in [6.07, 6.45) is 1.40. The van der Waals surface area contributed by atoms with Crippen molar-refractivity contribution in [2.45, 2.75) is 33.3 Å². The van der Waals surface area contributed by atoms with E-state index in [2.05, 4.69) is 11.1 Å². The molecule has 0 saturated carbocycles. The summed E-state index contributed by atoms with van der Waals surface area (Å²) in [6.45, 7) is 6.64. The van der Waals surface area contributed by atoms with E-state index < -0.39 is 0 Å². The number of hydrogen-bond acceptors (Lipinski definition) is 7. The van der Waals surface area contributed by atoms with E-state index in [4.69, 9.17) is 13.6 Å². The molecule has 8 heteroatoms. The van der Waals surface area contributed by atoms with E-state index in [1.54, 1.807) is 6.07 Å². The highest BCUT2D eigenvalue weighted by atomic mass is 16.5. The molecule has 1 fully saturated rings. The Kier molecular flexibility index (Phi) is 6.45. The fourth-order valence-electron chi connectivity index (χ4n) is 3.67. The molecule has 8 nitrogen and oxygen atoms in total. The Morgan fingerprint density at radius 1 is 1.16 bits per heavy atom. The van der Waals surface area contributed by atoms with Crippen LogP contribution in [0.4, 0.5) is 5.88 Å². The van der Waals surface area contributed by atoms with Crippen LogP contribution in [-0.2, 0) is 11.4 Å². The molecule has 3 aromatic rings. The molecule has 1 saturated heterocycles. The zero-order chi connectivity index (χ0) is 22.5. The lowest BCUT2D eigenvalue weighted by molar-refractivity contribution is -0.131. The van der Waals surface area contributed by atoms with Gasteiger partial charge in [0.25, 0.3) is 5.89 Å². The molecular formula is C24H26N4O4. The fraction of sp³-hybridized carbons (Fsp3) is 0.375. The predicted molar refractivity (Wildman–Crippen MR) is 118 cm³/mol. The summed E-state index contributed by atoms with van der Waals surface area (Å²) in [5.41, 5.74) is 1.26. The topological polar surface area (TPSA) is 95.7 Å². The van der Waals surface area contributed by atoms with Crippen molar-refractivity contribution in [2.24, 2.45) is 0 Å². The summed E-state index contributed by atoms with van der Waals surface area (Å²) < 4.78 is 17.6. The fourth-order valence-corrected chi connectivity index (χ4v) is 3.67. The van der Waals surface area contributed by atoms with Crippen LogP contribution in [0, 0.1) is 18.3 Å². The molecule has 1 amide bonds. The minimum atomic E-state index is 0.168. The average Bonchev–Trinajstić information content (AvgIpc) is 3.46. The molecule has 0 atom stereocenters. The molecule has 1 aromatic carbocycles. The maximum atomic E-state index is 12.1. The molecule has 4 rings (SSSR count). The van der Waals surface area contributed by atoms with Crippen molar-refractivity contribution in [2.75, 3.05) is 31.1 Å². The first-order valence-corrected chi connectivity index (χ1v) is 10.8. The predicted octanol–water partition coefficient (Wildman–Crippen LogP) is 4.14. The molecule has 0 radical (unpaired) electrons. The molecule has 0 bridgehead atoms. The van der Waals surface area contributed by atoms with Gasteiger partial charge in [0.1, 0.15) is 24.2 Å². The number of aryl methyl sites for hydroxylation is 1. The number of aromatic nitrogens is 1. The zero-order valence-corrected chi connectivity index (χ0v) is 18.3. The van der Waals surface area contributed by atoms with Gasteiger partial charge in [-0.2, -0.15) is 10.2 Å². The van der Waals surface area contributed by atoms with E-state index in [0.29, 0.717) is 50.0 Å². The van der Waals surface area contributed by atoms with Crippen LogP contribution in [0.2, 0.25) is 0 Å². The zero-order valence-electron chi connectivity index (χ0n) is 18.3. The SMILES string of the molecule is CCCC(=O)N1CCN(c2oc(-c3ccc(COc4ccccc4C)o3)nc2C#N)CC1. The molecule has 0 unspecified atom stereocenters. The summed E-state index contributed by atoms with van der Waals surface area (Å²) in [5.74, 6) is 2.70. The van der Waals surface area contributed by atoms with E-state index in [1.165, 1.54) is 0 Å². The van der Waals surface area contributed by atoms with Gasteiger partial charge >= 0.3 is 0 Å². The van der Waals surface area contributed by atoms with E-state index in [-0.39, 0.29) is 24.1 Å². The molecule has 1 aliphatic heterocycles. The third kappa shape index (κ3) is 4.62. The third-order valence-electron chi connectivity index (χ3n) is 5.43. The summed E-state index contributed by atoms with van der Waals surface area (Å²) in [7, 11) is 0. The molecule has 166 valence electrons. The molecule has 3 heterocycles. The first-order chi connectivity index (χ1) is 15.6. The van der Waals surface area contributed by atoms with Gasteiger partial charge in [0.15, 0.2) is 5.76 Å². The van der Waals surface area contributed by atoms with Gasteiger partial charge in [0.2, 0.25) is 17.5 Å². The van der Waals surface area contributed by atoms with Crippen molar-refractivity contribution in [3.63, 3.8) is 0 Å². The second kappa shape index (κ2) is 9.60. The number of carbonyl (C=O) groups is 1. The number of nitriles is 1. The van der Waals surface area contributed by atoms with E-state index in [1.807, 2.05) is 54.0 Å². The minimum absolute atomic E-state index is 0.168. The Labute approximate surface area is 187 Å². The molecule has 1 aliphatic rings. The normalized spacial score (nSPS) is 13.8. The maximum Gasteiger partial charge on any atom is 0.266 e. The molecule has 0 spiro atoms. The van der Waals surface area contributed by atoms with Crippen LogP contribution in [0.3, 0.4) is 0 Å². The van der Waals surface area contributed by atoms with Crippen molar-refractivity contribution in [1.29, 1.82) is 5.26 Å². The van der Waals surface area contributed by atoms with E-state index in [9.17, 15) is 10.1 Å². The van der Waals surface area contributed by atoms with Gasteiger partial charge < -0.3 is 23.4 Å². The van der Waals surface area contributed by atoms with E-state index in [0.717, 1.165) is 17.7 Å². The second-order valence-corrected chi connectivity index (χ2v) is 7.72. The highest BCUT2D eigenvalue weighted by molar-refractivity contribution is 5.76. The van der Waals surface area contributed by atoms with Gasteiger partial charge in [-0.15, -0.1) is 0 Å². The Morgan fingerprint density at radius 3 is 2.66 bits per heavy atom. The lowest BCUT2D eigenvalue weighted by Crippen LogP contribution is -2.48. The van der Waals surface area contributed by atoms with Crippen molar-refractivity contribution >= 4 is 11.8 Å². The highest BCUT2D eigenvalue weighted by Gasteiger charge is 2.27. The van der Waals surface area contributed by atoms with E-state index >= 15 is 0 Å². The third-order valence-corrected chi connectivity index (χ3v) is 5.43. The van der Waals surface area contributed by atoms with Crippen LogP contribution in [0.5, 0.6) is 5.75 Å². The molecule has 0 aliphatic carbocycles. The number of benzene rings is 1. The van der Waals surface area contributed by atoms with Gasteiger partial charge in [-0.3, -0.25) is 4.79 Å². The summed E-state index contributed by atoms with van der Waals surface area (Å²) >= 11 is 0. The van der Waals surface area contributed by atoms with Crippen molar-refractivity contribution in [3.05, 3.63) is 53.4 Å². The minimum Gasteiger partial charge on any atom is -0.485 e. The first kappa shape index (κ1) is 21.5. The Hall–Kier alpha value is -3.73. The van der Waals surface area contributed by atoms with Crippen molar-refractivity contribution in [3.8, 4) is 23.5 Å². The smallest absolute Gasteiger partial charge is 0.266 e. The molecule has 32 heavy (non-hydrogen) atoms. The van der Waals surface area contributed by atoms with Crippen molar-refractivity contribution in [1.82, 2.24) is 9.88 Å². The Morgan fingerprint density at radius 2 is 1.94 bits per heavy atom. The number of carbonyl (C=O) groups excluding carboxylic acids is 1. The number of anilines is 1. The summed E-state index contributed by atoms with van der Waals surface area (Å²) in [5, 5.41) is 9.55. The van der Waals surface area contributed by atoms with Crippen LogP contribution in [0.15, 0.2) is 45.2 Å². The number of nitrogens with zero attached hydrogens (tertiary/aromatic N) is 4. The van der Waals surface area contributed by atoms with Gasteiger partial charge in [-0.1, -0.05) is 25.1 Å². The van der Waals surface area contributed by atoms with Crippen LogP contribution >= 0.6 is 0 Å². The lowest BCUT2D eigenvalue weighted by Gasteiger charge is -2.34. The number of oxazole rings is 1. The van der Waals surface area contributed by atoms with Crippen LogP contribution in [-0.4, -0.2) is 42.0 Å². The van der Waals surface area contributed by atoms with Gasteiger partial charge in [0, 0.05) is 32.6 Å². The standard InChI is InChI=1S/C24H26N4O4/c1-3-6-22(29)27-11-13-28(14-12-27)24-19(15-25)26-23(32-24)21-10-9-18(31-21)16-30-20-8-5-4-7-17(20)2/h4-5,7-10H,3,6,11-14,16H2,1-2H3. The largest absolute Gasteiger partial charge is 0.485 e. The maximum absolute atomic E-state index is 12.1. The molecule has 0 N–H and O–H groups in total. The second-order valence-electron chi connectivity index (χ2n) is 7.72. The van der Waals surface area contributed by atoms with Gasteiger partial charge in [0.05, 0.1) is 0 Å².